The molecule has 4 heteroatoms. The van der Waals surface area contributed by atoms with Crippen LogP contribution in [0.3, 0.4) is 0 Å². The maximum Gasteiger partial charge on any atom is 1.00 e. The van der Waals surface area contributed by atoms with Crippen molar-refractivity contribution in [2.45, 2.75) is 0 Å². The second-order valence-electron chi connectivity index (χ2n) is 7.88. The van der Waals surface area contributed by atoms with Crippen LogP contribution in [0.1, 0.15) is 15.9 Å². The monoisotopic (exact) mass is 681 g/mol. The fraction of sp³-hybridized carbons (Fsp3) is 0. The SMILES string of the molecule is [Au+].[C-]#Cc1cccc(C(=O)Oc2ccccc2)c1.c1ccc([PH+](c2ccccc2)c2ccccc2)cc1. The summed E-state index contributed by atoms with van der Waals surface area (Å²) in [5.74, 6) is 2.29. The van der Waals surface area contributed by atoms with Crippen LogP contribution in [0.5, 0.6) is 5.75 Å². The molecule has 0 aliphatic rings. The van der Waals surface area contributed by atoms with Gasteiger partial charge in [0.15, 0.2) is 0 Å². The van der Waals surface area contributed by atoms with Crippen LogP contribution in [-0.2, 0) is 22.4 Å². The molecule has 37 heavy (non-hydrogen) atoms. The minimum Gasteiger partial charge on any atom is -0.423 e. The molecular formula is C33H25AuO2P+. The minimum atomic E-state index is -0.877. The van der Waals surface area contributed by atoms with Gasteiger partial charge in [-0.25, -0.2) is 4.79 Å². The smallest absolute Gasteiger partial charge is 0.423 e. The van der Waals surface area contributed by atoms with Gasteiger partial charge in [-0.05, 0) is 48.5 Å². The third-order valence-corrected chi connectivity index (χ3v) is 8.12. The first-order valence-corrected chi connectivity index (χ1v) is 13.1. The average Bonchev–Trinajstić information content (AvgIpc) is 2.96. The number of rotatable bonds is 5. The third kappa shape index (κ3) is 8.16. The van der Waals surface area contributed by atoms with Gasteiger partial charge < -0.3 is 11.2 Å². The van der Waals surface area contributed by atoms with Crippen molar-refractivity contribution in [2.24, 2.45) is 0 Å². The van der Waals surface area contributed by atoms with Crippen LogP contribution in [0, 0.1) is 12.3 Å². The van der Waals surface area contributed by atoms with Crippen molar-refractivity contribution in [3.63, 3.8) is 0 Å². The van der Waals surface area contributed by atoms with Crippen molar-refractivity contribution in [1.82, 2.24) is 0 Å². The minimum absolute atomic E-state index is 0. The van der Waals surface area contributed by atoms with Gasteiger partial charge in [0.25, 0.3) is 0 Å². The third-order valence-electron chi connectivity index (χ3n) is 5.38. The Hall–Kier alpha value is -3.70. The quantitative estimate of drug-likeness (QED) is 0.0567. The van der Waals surface area contributed by atoms with Gasteiger partial charge in [-0.3, -0.25) is 5.92 Å². The predicted octanol–water partition coefficient (Wildman–Crippen LogP) is 6.02. The van der Waals surface area contributed by atoms with Crippen molar-refractivity contribution in [1.29, 1.82) is 0 Å². The molecule has 5 aromatic carbocycles. The van der Waals surface area contributed by atoms with E-state index >= 15 is 0 Å². The number of ether oxygens (including phenoxy) is 1. The van der Waals surface area contributed by atoms with Gasteiger partial charge in [-0.15, -0.1) is 17.7 Å². The molecule has 0 saturated carbocycles. The molecule has 0 heterocycles. The number of hydrogen-bond acceptors (Lipinski definition) is 2. The molecule has 0 aromatic heterocycles. The summed E-state index contributed by atoms with van der Waals surface area (Å²) in [4.78, 5) is 11.8. The van der Waals surface area contributed by atoms with E-state index in [9.17, 15) is 4.79 Å². The second kappa shape index (κ2) is 14.8. The number of carbonyl (C=O) groups excluding carboxylic acids is 1. The Bertz CT molecular complexity index is 1320. The summed E-state index contributed by atoms with van der Waals surface area (Å²) in [5.41, 5.74) is 0.957. The van der Waals surface area contributed by atoms with E-state index < -0.39 is 13.9 Å². The van der Waals surface area contributed by atoms with Crippen molar-refractivity contribution >= 4 is 29.8 Å². The Balaban J connectivity index is 0.000000201. The fourth-order valence-electron chi connectivity index (χ4n) is 3.69. The van der Waals surface area contributed by atoms with E-state index in [2.05, 4.69) is 96.9 Å². The predicted molar refractivity (Wildman–Crippen MR) is 151 cm³/mol. The zero-order chi connectivity index (χ0) is 25.0. The van der Waals surface area contributed by atoms with Gasteiger partial charge in [0.2, 0.25) is 0 Å². The molecule has 0 bridgehead atoms. The summed E-state index contributed by atoms with van der Waals surface area (Å²) in [6, 6.07) is 48.0. The normalized spacial score (nSPS) is 9.73. The number of hydrogen-bond donors (Lipinski definition) is 0. The molecule has 0 spiro atoms. The average molecular weight is 682 g/mol. The summed E-state index contributed by atoms with van der Waals surface area (Å²) in [6.45, 7) is 0. The molecule has 0 atom stereocenters. The largest absolute Gasteiger partial charge is 1.00 e. The summed E-state index contributed by atoms with van der Waals surface area (Å²) < 4.78 is 5.17. The van der Waals surface area contributed by atoms with E-state index in [-0.39, 0.29) is 22.4 Å². The number of carbonyl (C=O) groups is 1. The van der Waals surface area contributed by atoms with Crippen LogP contribution in [0.15, 0.2) is 146 Å². The maximum absolute atomic E-state index is 11.8. The van der Waals surface area contributed by atoms with Crippen molar-refractivity contribution in [3.05, 3.63) is 163 Å². The standard InChI is InChI=1S/C18H15P.C15H9O2.Au/c1-4-10-16(11-5-1)19(17-12-6-2-7-13-17)18-14-8-3-9-15-18;1-2-12-7-6-8-13(11-12)15(16)17-14-9-4-3-5-10-14;/h1-15H;3-11H;/q;-1;+1/p+1. The summed E-state index contributed by atoms with van der Waals surface area (Å²) in [5, 5.41) is 4.31. The molecule has 5 rings (SSSR count). The van der Waals surface area contributed by atoms with Crippen LogP contribution < -0.4 is 20.7 Å². The molecule has 2 nitrogen and oxygen atoms in total. The zero-order valence-corrected chi connectivity index (χ0v) is 23.1. The molecule has 5 aromatic rings. The molecule has 0 unspecified atom stereocenters. The molecule has 184 valence electrons. The summed E-state index contributed by atoms with van der Waals surface area (Å²) in [7, 11) is -0.877. The Labute approximate surface area is 235 Å². The molecular weight excluding hydrogens is 656 g/mol. The van der Waals surface area contributed by atoms with E-state index in [1.165, 1.54) is 15.9 Å². The van der Waals surface area contributed by atoms with Crippen molar-refractivity contribution in [3.8, 4) is 11.7 Å². The van der Waals surface area contributed by atoms with Crippen molar-refractivity contribution in [2.75, 3.05) is 0 Å². The van der Waals surface area contributed by atoms with Gasteiger partial charge in [0, 0.05) is 5.56 Å². The Morgan fingerprint density at radius 2 is 1.03 bits per heavy atom. The first-order chi connectivity index (χ1) is 17.7. The topological polar surface area (TPSA) is 26.3 Å². The molecule has 0 aliphatic carbocycles. The van der Waals surface area contributed by atoms with Crippen LogP contribution in [-0.4, -0.2) is 5.97 Å². The summed E-state index contributed by atoms with van der Waals surface area (Å²) in [6.07, 6.45) is 7.00. The molecule has 0 radical (unpaired) electrons. The van der Waals surface area contributed by atoms with Gasteiger partial charge >= 0.3 is 28.3 Å². The Morgan fingerprint density at radius 3 is 1.46 bits per heavy atom. The summed E-state index contributed by atoms with van der Waals surface area (Å²) >= 11 is 0. The van der Waals surface area contributed by atoms with E-state index in [4.69, 9.17) is 11.2 Å². The van der Waals surface area contributed by atoms with Gasteiger partial charge in [0.1, 0.15) is 21.7 Å². The van der Waals surface area contributed by atoms with Crippen LogP contribution in [0.4, 0.5) is 0 Å². The Kier molecular flexibility index (Phi) is 11.1. The Morgan fingerprint density at radius 1 is 0.595 bits per heavy atom. The van der Waals surface area contributed by atoms with Crippen LogP contribution in [0.25, 0.3) is 0 Å². The fourth-order valence-corrected chi connectivity index (χ4v) is 6.27. The number of benzene rings is 5. The first-order valence-electron chi connectivity index (χ1n) is 11.6. The van der Waals surface area contributed by atoms with Crippen molar-refractivity contribution < 1.29 is 31.9 Å². The molecule has 0 aliphatic heterocycles. The van der Waals surface area contributed by atoms with Gasteiger partial charge in [-0.2, -0.15) is 0 Å². The van der Waals surface area contributed by atoms with E-state index in [0.717, 1.165) is 0 Å². The van der Waals surface area contributed by atoms with Crippen LogP contribution >= 0.6 is 7.92 Å². The second-order valence-corrected chi connectivity index (χ2v) is 10.4. The maximum atomic E-state index is 11.8. The van der Waals surface area contributed by atoms with E-state index in [1.54, 1.807) is 48.5 Å². The number of para-hydroxylation sites is 1. The number of esters is 1. The van der Waals surface area contributed by atoms with E-state index in [0.29, 0.717) is 16.9 Å². The molecule has 0 fully saturated rings. The molecule has 0 N–H and O–H groups in total. The van der Waals surface area contributed by atoms with E-state index in [1.807, 2.05) is 6.07 Å². The molecule has 0 saturated heterocycles. The first kappa shape index (κ1) is 27.9. The van der Waals surface area contributed by atoms with Gasteiger partial charge in [-0.1, -0.05) is 84.9 Å². The molecule has 0 amide bonds. The zero-order valence-electron chi connectivity index (χ0n) is 20.0. The van der Waals surface area contributed by atoms with Gasteiger partial charge in [0.05, 0.1) is 7.92 Å². The van der Waals surface area contributed by atoms with Crippen LogP contribution in [0.2, 0.25) is 0 Å².